The van der Waals surface area contributed by atoms with Gasteiger partial charge in [-0.1, -0.05) is 17.7 Å². The van der Waals surface area contributed by atoms with Crippen LogP contribution in [-0.4, -0.2) is 45.9 Å². The first-order valence-corrected chi connectivity index (χ1v) is 8.35. The van der Waals surface area contributed by atoms with E-state index >= 15 is 0 Å². The summed E-state index contributed by atoms with van der Waals surface area (Å²) in [5.74, 6) is -1.28. The largest absolute Gasteiger partial charge is 0.478 e. The maximum atomic E-state index is 12.3. The molecule has 8 heteroatoms. The molecular formula is C19H17ClN4O3. The Morgan fingerprint density at radius 3 is 2.74 bits per heavy atom. The number of halogens is 1. The first kappa shape index (κ1) is 18.5. The molecule has 0 fully saturated rings. The number of rotatable bonds is 4. The van der Waals surface area contributed by atoms with E-state index in [1.807, 2.05) is 0 Å². The highest BCUT2D eigenvalue weighted by atomic mass is 35.5. The van der Waals surface area contributed by atoms with Gasteiger partial charge in [0.15, 0.2) is 0 Å². The molecule has 0 atom stereocenters. The van der Waals surface area contributed by atoms with Crippen LogP contribution >= 0.6 is 11.6 Å². The fourth-order valence-corrected chi connectivity index (χ4v) is 3.08. The van der Waals surface area contributed by atoms with Gasteiger partial charge in [0.25, 0.3) is 5.91 Å². The highest BCUT2D eigenvalue weighted by molar-refractivity contribution is 6.38. The van der Waals surface area contributed by atoms with Gasteiger partial charge in [0, 0.05) is 54.8 Å². The van der Waals surface area contributed by atoms with Crippen molar-refractivity contribution >= 4 is 46.3 Å². The van der Waals surface area contributed by atoms with Crippen LogP contribution < -0.4 is 5.73 Å². The summed E-state index contributed by atoms with van der Waals surface area (Å²) in [7, 11) is 3.30. The number of aliphatic carboxylic acids is 1. The Labute approximate surface area is 160 Å². The quantitative estimate of drug-likeness (QED) is 0.472. The van der Waals surface area contributed by atoms with Crippen LogP contribution in [-0.2, 0) is 4.79 Å². The van der Waals surface area contributed by atoms with Gasteiger partial charge in [0.2, 0.25) is 0 Å². The van der Waals surface area contributed by atoms with E-state index in [1.54, 1.807) is 44.7 Å². The summed E-state index contributed by atoms with van der Waals surface area (Å²) in [6.45, 7) is 0. The maximum absolute atomic E-state index is 12.3. The molecule has 0 aliphatic carbocycles. The van der Waals surface area contributed by atoms with Gasteiger partial charge in [-0.05, 0) is 23.8 Å². The van der Waals surface area contributed by atoms with Gasteiger partial charge in [-0.3, -0.25) is 4.79 Å². The average Bonchev–Trinajstić information content (AvgIpc) is 3.04. The van der Waals surface area contributed by atoms with Crippen molar-refractivity contribution < 1.29 is 14.7 Å². The van der Waals surface area contributed by atoms with Crippen molar-refractivity contribution in [2.45, 2.75) is 0 Å². The molecule has 0 spiro atoms. The van der Waals surface area contributed by atoms with E-state index in [9.17, 15) is 9.59 Å². The van der Waals surface area contributed by atoms with Gasteiger partial charge in [-0.2, -0.15) is 0 Å². The van der Waals surface area contributed by atoms with E-state index in [0.29, 0.717) is 44.0 Å². The van der Waals surface area contributed by atoms with Crippen molar-refractivity contribution in [1.82, 2.24) is 14.9 Å². The molecule has 4 N–H and O–H groups in total. The molecule has 0 aliphatic rings. The normalized spacial score (nSPS) is 11.2. The number of nitrogens with zero attached hydrogens (tertiary/aromatic N) is 2. The van der Waals surface area contributed by atoms with Gasteiger partial charge in [-0.25, -0.2) is 9.78 Å². The molecule has 0 saturated heterocycles. The van der Waals surface area contributed by atoms with Gasteiger partial charge in [-0.15, -0.1) is 0 Å². The number of carbonyl (C=O) groups excluding carboxylic acids is 1. The summed E-state index contributed by atoms with van der Waals surface area (Å²) < 4.78 is 0. The Morgan fingerprint density at radius 1 is 1.33 bits per heavy atom. The molecule has 2 heterocycles. The summed E-state index contributed by atoms with van der Waals surface area (Å²) >= 11 is 6.60. The Bertz CT molecular complexity index is 1090. The topological polar surface area (TPSA) is 112 Å². The number of carbonyl (C=O) groups is 2. The number of nitrogens with two attached hydrogens (primary N) is 1. The molecule has 27 heavy (non-hydrogen) atoms. The van der Waals surface area contributed by atoms with E-state index < -0.39 is 5.97 Å². The van der Waals surface area contributed by atoms with Crippen LogP contribution in [0.1, 0.15) is 15.9 Å². The van der Waals surface area contributed by atoms with Crippen LogP contribution in [0.4, 0.5) is 5.69 Å². The highest BCUT2D eigenvalue weighted by Crippen LogP contribution is 2.36. The summed E-state index contributed by atoms with van der Waals surface area (Å²) in [6.07, 6.45) is 5.71. The van der Waals surface area contributed by atoms with Gasteiger partial charge < -0.3 is 20.7 Å². The highest BCUT2D eigenvalue weighted by Gasteiger charge is 2.17. The minimum atomic E-state index is -1.06. The fourth-order valence-electron chi connectivity index (χ4n) is 2.72. The number of carboxylic acids is 1. The van der Waals surface area contributed by atoms with Gasteiger partial charge in [0.1, 0.15) is 5.65 Å². The number of amides is 1. The molecule has 1 aromatic carbocycles. The molecule has 0 saturated carbocycles. The number of aromatic nitrogens is 2. The third-order valence-corrected chi connectivity index (χ3v) is 4.47. The SMILES string of the molecule is CN(C)C(=O)c1cc(-c2cnc3[nH]cc(/C=C/C(=O)O)c3c2Cl)ccc1N. The molecule has 0 aliphatic heterocycles. The minimum Gasteiger partial charge on any atom is -0.478 e. The van der Waals surface area contributed by atoms with Crippen LogP contribution in [0.5, 0.6) is 0 Å². The molecule has 7 nitrogen and oxygen atoms in total. The molecule has 0 bridgehead atoms. The predicted molar refractivity (Wildman–Crippen MR) is 106 cm³/mol. The van der Waals surface area contributed by atoms with E-state index in [-0.39, 0.29) is 5.91 Å². The number of H-pyrrole nitrogens is 1. The van der Waals surface area contributed by atoms with E-state index in [0.717, 1.165) is 6.08 Å². The van der Waals surface area contributed by atoms with Crippen LogP contribution in [0.15, 0.2) is 36.7 Å². The fraction of sp³-hybridized carbons (Fsp3) is 0.105. The number of carboxylic acid groups (broad SMARTS) is 1. The molecule has 2 aromatic heterocycles. The van der Waals surface area contributed by atoms with Crippen LogP contribution in [0.25, 0.3) is 28.2 Å². The third-order valence-electron chi connectivity index (χ3n) is 4.07. The third kappa shape index (κ3) is 3.50. The number of pyridine rings is 1. The second-order valence-electron chi connectivity index (χ2n) is 6.13. The zero-order valence-electron chi connectivity index (χ0n) is 14.7. The smallest absolute Gasteiger partial charge is 0.328 e. The number of fused-ring (bicyclic) bond motifs is 1. The zero-order valence-corrected chi connectivity index (χ0v) is 15.4. The molecule has 0 radical (unpaired) electrons. The van der Waals surface area contributed by atoms with Gasteiger partial charge in [0.05, 0.1) is 10.6 Å². The monoisotopic (exact) mass is 384 g/mol. The molecule has 3 rings (SSSR count). The molecule has 0 unspecified atom stereocenters. The second kappa shape index (κ2) is 7.13. The Hall–Kier alpha value is -3.32. The number of hydrogen-bond acceptors (Lipinski definition) is 4. The Morgan fingerprint density at radius 2 is 2.07 bits per heavy atom. The van der Waals surface area contributed by atoms with Crippen LogP contribution in [0, 0.1) is 0 Å². The van der Waals surface area contributed by atoms with Crippen molar-refractivity contribution in [2.24, 2.45) is 0 Å². The number of hydrogen-bond donors (Lipinski definition) is 3. The number of nitrogens with one attached hydrogen (secondary N) is 1. The minimum absolute atomic E-state index is 0.216. The number of nitrogen functional groups attached to an aromatic ring is 1. The van der Waals surface area contributed by atoms with Gasteiger partial charge >= 0.3 is 5.97 Å². The lowest BCUT2D eigenvalue weighted by Gasteiger charge is -2.14. The lowest BCUT2D eigenvalue weighted by Crippen LogP contribution is -2.22. The molecule has 1 amide bonds. The number of aromatic amines is 1. The predicted octanol–water partition coefficient (Wildman–Crippen LogP) is 3.27. The van der Waals surface area contributed by atoms with Crippen molar-refractivity contribution in [2.75, 3.05) is 19.8 Å². The van der Waals surface area contributed by atoms with Crippen molar-refractivity contribution in [3.8, 4) is 11.1 Å². The van der Waals surface area contributed by atoms with E-state index in [4.69, 9.17) is 22.4 Å². The lowest BCUT2D eigenvalue weighted by atomic mass is 10.0. The lowest BCUT2D eigenvalue weighted by molar-refractivity contribution is -0.131. The summed E-state index contributed by atoms with van der Waals surface area (Å²) in [5, 5.41) is 9.85. The van der Waals surface area contributed by atoms with Crippen LogP contribution in [0.2, 0.25) is 5.02 Å². The van der Waals surface area contributed by atoms with Crippen molar-refractivity contribution in [1.29, 1.82) is 0 Å². The maximum Gasteiger partial charge on any atom is 0.328 e. The number of anilines is 1. The average molecular weight is 385 g/mol. The second-order valence-corrected chi connectivity index (χ2v) is 6.50. The van der Waals surface area contributed by atoms with Crippen molar-refractivity contribution in [3.05, 3.63) is 52.8 Å². The van der Waals surface area contributed by atoms with E-state index in [2.05, 4.69) is 9.97 Å². The van der Waals surface area contributed by atoms with E-state index in [1.165, 1.54) is 11.0 Å². The summed E-state index contributed by atoms with van der Waals surface area (Å²) in [6, 6.07) is 5.08. The van der Waals surface area contributed by atoms with Crippen molar-refractivity contribution in [3.63, 3.8) is 0 Å². The first-order chi connectivity index (χ1) is 12.8. The molecule has 3 aromatic rings. The molecular weight excluding hydrogens is 368 g/mol. The van der Waals surface area contributed by atoms with Crippen LogP contribution in [0.3, 0.4) is 0 Å². The zero-order chi connectivity index (χ0) is 19.7. The Balaban J connectivity index is 2.17. The Kier molecular flexibility index (Phi) is 4.87. The first-order valence-electron chi connectivity index (χ1n) is 7.97. The number of benzene rings is 1. The standard InChI is InChI=1S/C19H17ClN4O3/c1-24(2)19(27)12-7-10(3-5-14(12)21)13-9-23-18-16(17(13)20)11(8-22-18)4-6-15(25)26/h3-9H,21H2,1-2H3,(H,22,23)(H,25,26)/b6-4+. The summed E-state index contributed by atoms with van der Waals surface area (Å²) in [5.41, 5.74) is 9.12. The molecule has 138 valence electrons. The summed E-state index contributed by atoms with van der Waals surface area (Å²) in [4.78, 5) is 31.9.